The molecule has 124 valence electrons. The van der Waals surface area contributed by atoms with Crippen molar-refractivity contribution in [3.8, 4) is 0 Å². The molecule has 2 N–H and O–H groups in total. The van der Waals surface area contributed by atoms with Crippen molar-refractivity contribution in [1.29, 1.82) is 0 Å². The molecule has 1 fully saturated rings. The van der Waals surface area contributed by atoms with Crippen molar-refractivity contribution in [1.82, 2.24) is 15.5 Å². The van der Waals surface area contributed by atoms with Gasteiger partial charge in [0.25, 0.3) is 5.91 Å². The molecule has 0 bridgehead atoms. The Labute approximate surface area is 136 Å². The first kappa shape index (κ1) is 17.0. The van der Waals surface area contributed by atoms with E-state index in [0.29, 0.717) is 12.1 Å². The number of benzene rings is 1. The van der Waals surface area contributed by atoms with Crippen LogP contribution in [0.3, 0.4) is 0 Å². The fraction of sp³-hybridized carbons (Fsp3) is 0.471. The number of hydrogen-bond acceptors (Lipinski definition) is 3. The molecule has 6 heteroatoms. The van der Waals surface area contributed by atoms with E-state index in [1.807, 2.05) is 38.1 Å². The summed E-state index contributed by atoms with van der Waals surface area (Å²) in [4.78, 5) is 37.6. The average Bonchev–Trinajstić information content (AvgIpc) is 2.72. The van der Waals surface area contributed by atoms with Crippen LogP contribution in [-0.2, 0) is 15.1 Å². The molecule has 1 aromatic rings. The fourth-order valence-electron chi connectivity index (χ4n) is 2.53. The Morgan fingerprint density at radius 2 is 1.91 bits per heavy atom. The molecule has 1 aliphatic heterocycles. The molecule has 23 heavy (non-hydrogen) atoms. The summed E-state index contributed by atoms with van der Waals surface area (Å²) in [5, 5.41) is 5.41. The largest absolute Gasteiger partial charge is 0.355 e. The van der Waals surface area contributed by atoms with Crippen LogP contribution in [0.25, 0.3) is 0 Å². The number of carbonyl (C=O) groups excluding carboxylic acids is 3. The molecule has 0 saturated carbocycles. The van der Waals surface area contributed by atoms with Crippen LogP contribution >= 0.6 is 0 Å². The summed E-state index contributed by atoms with van der Waals surface area (Å²) < 4.78 is 0. The Balaban J connectivity index is 2.10. The smallest absolute Gasteiger partial charge is 0.325 e. The summed E-state index contributed by atoms with van der Waals surface area (Å²) in [5.41, 5.74) is 0.644. The van der Waals surface area contributed by atoms with Crippen LogP contribution in [0.5, 0.6) is 0 Å². The number of unbranched alkanes of at least 4 members (excludes halogenated alkanes) is 1. The Hall–Kier alpha value is -2.37. The number of amides is 4. The van der Waals surface area contributed by atoms with E-state index in [0.717, 1.165) is 23.3 Å². The highest BCUT2D eigenvalue weighted by Crippen LogP contribution is 2.28. The van der Waals surface area contributed by atoms with Crippen molar-refractivity contribution in [2.24, 2.45) is 0 Å². The molecule has 2 rings (SSSR count). The van der Waals surface area contributed by atoms with Gasteiger partial charge in [-0.25, -0.2) is 4.79 Å². The van der Waals surface area contributed by atoms with Gasteiger partial charge in [0.15, 0.2) is 0 Å². The highest BCUT2D eigenvalue weighted by atomic mass is 16.2. The summed E-state index contributed by atoms with van der Waals surface area (Å²) in [6.07, 6.45) is 1.84. The zero-order valence-electron chi connectivity index (χ0n) is 13.8. The van der Waals surface area contributed by atoms with E-state index in [1.54, 1.807) is 6.92 Å². The van der Waals surface area contributed by atoms with Crippen molar-refractivity contribution in [2.75, 3.05) is 13.1 Å². The van der Waals surface area contributed by atoms with Gasteiger partial charge in [0.05, 0.1) is 0 Å². The van der Waals surface area contributed by atoms with E-state index >= 15 is 0 Å². The van der Waals surface area contributed by atoms with Crippen molar-refractivity contribution < 1.29 is 14.4 Å². The molecule has 0 aliphatic carbocycles. The van der Waals surface area contributed by atoms with E-state index in [4.69, 9.17) is 0 Å². The molecular weight excluding hydrogens is 294 g/mol. The Morgan fingerprint density at radius 3 is 2.52 bits per heavy atom. The number of carbonyl (C=O) groups is 3. The third-order valence-corrected chi connectivity index (χ3v) is 4.06. The summed E-state index contributed by atoms with van der Waals surface area (Å²) in [5.74, 6) is -0.730. The van der Waals surface area contributed by atoms with Gasteiger partial charge in [0, 0.05) is 6.54 Å². The standard InChI is InChI=1S/C17H23N3O3/c1-4-5-10-18-14(21)11-20-15(22)17(3,19-16(20)23)13-8-6-12(2)7-9-13/h6-9H,4-5,10-11H2,1-3H3,(H,18,21)(H,19,23)/t17-/m1/s1. The molecular formula is C17H23N3O3. The quantitative estimate of drug-likeness (QED) is 0.619. The maximum Gasteiger partial charge on any atom is 0.325 e. The monoisotopic (exact) mass is 317 g/mol. The van der Waals surface area contributed by atoms with Crippen LogP contribution in [-0.4, -0.2) is 35.8 Å². The van der Waals surface area contributed by atoms with Gasteiger partial charge in [-0.3, -0.25) is 14.5 Å². The summed E-state index contributed by atoms with van der Waals surface area (Å²) in [6, 6.07) is 6.88. The molecule has 4 amide bonds. The molecule has 0 spiro atoms. The van der Waals surface area contributed by atoms with Crippen molar-refractivity contribution >= 4 is 17.8 Å². The van der Waals surface area contributed by atoms with Crippen LogP contribution in [0.4, 0.5) is 4.79 Å². The van der Waals surface area contributed by atoms with Crippen LogP contribution in [0.1, 0.15) is 37.8 Å². The predicted molar refractivity (Wildman–Crippen MR) is 86.7 cm³/mol. The first-order valence-corrected chi connectivity index (χ1v) is 7.86. The van der Waals surface area contributed by atoms with Crippen molar-refractivity contribution in [3.05, 3.63) is 35.4 Å². The van der Waals surface area contributed by atoms with Gasteiger partial charge in [-0.1, -0.05) is 43.2 Å². The number of rotatable bonds is 6. The topological polar surface area (TPSA) is 78.5 Å². The van der Waals surface area contributed by atoms with Gasteiger partial charge in [-0.15, -0.1) is 0 Å². The second-order valence-corrected chi connectivity index (χ2v) is 6.02. The zero-order chi connectivity index (χ0) is 17.0. The predicted octanol–water partition coefficient (Wildman–Crippen LogP) is 1.68. The number of urea groups is 1. The van der Waals surface area contributed by atoms with E-state index in [9.17, 15) is 14.4 Å². The third-order valence-electron chi connectivity index (χ3n) is 4.06. The molecule has 0 radical (unpaired) electrons. The fourth-order valence-corrected chi connectivity index (χ4v) is 2.53. The second-order valence-electron chi connectivity index (χ2n) is 6.02. The van der Waals surface area contributed by atoms with E-state index in [2.05, 4.69) is 10.6 Å². The minimum Gasteiger partial charge on any atom is -0.355 e. The third kappa shape index (κ3) is 3.52. The molecule has 0 aromatic heterocycles. The number of nitrogens with one attached hydrogen (secondary N) is 2. The Kier molecular flexibility index (Phi) is 5.03. The molecule has 6 nitrogen and oxygen atoms in total. The Bertz CT molecular complexity index is 612. The molecule has 0 unspecified atom stereocenters. The van der Waals surface area contributed by atoms with Crippen LogP contribution < -0.4 is 10.6 Å². The van der Waals surface area contributed by atoms with E-state index < -0.39 is 17.5 Å². The van der Waals surface area contributed by atoms with Crippen LogP contribution in [0.2, 0.25) is 0 Å². The van der Waals surface area contributed by atoms with Crippen LogP contribution in [0, 0.1) is 6.92 Å². The first-order valence-electron chi connectivity index (χ1n) is 7.86. The zero-order valence-corrected chi connectivity index (χ0v) is 13.8. The van der Waals surface area contributed by atoms with Gasteiger partial charge < -0.3 is 10.6 Å². The summed E-state index contributed by atoms with van der Waals surface area (Å²) in [6.45, 7) is 5.93. The highest BCUT2D eigenvalue weighted by molar-refractivity contribution is 6.09. The number of aryl methyl sites for hydroxylation is 1. The molecule has 1 heterocycles. The second kappa shape index (κ2) is 6.81. The molecule has 1 atom stereocenters. The maximum atomic E-state index is 12.7. The first-order chi connectivity index (χ1) is 10.9. The van der Waals surface area contributed by atoms with Gasteiger partial charge in [-0.2, -0.15) is 0 Å². The molecule has 1 saturated heterocycles. The van der Waals surface area contributed by atoms with E-state index in [1.165, 1.54) is 0 Å². The molecule has 1 aromatic carbocycles. The number of imide groups is 1. The lowest BCUT2D eigenvalue weighted by molar-refractivity contribution is -0.134. The van der Waals surface area contributed by atoms with Gasteiger partial charge in [0.1, 0.15) is 12.1 Å². The minimum absolute atomic E-state index is 0.254. The summed E-state index contributed by atoms with van der Waals surface area (Å²) >= 11 is 0. The number of hydrogen-bond donors (Lipinski definition) is 2. The normalized spacial score (nSPS) is 20.6. The SMILES string of the molecule is CCCCNC(=O)CN1C(=O)N[C@](C)(c2ccc(C)cc2)C1=O. The Morgan fingerprint density at radius 1 is 1.26 bits per heavy atom. The average molecular weight is 317 g/mol. The lowest BCUT2D eigenvalue weighted by atomic mass is 9.91. The van der Waals surface area contributed by atoms with Gasteiger partial charge in [0.2, 0.25) is 5.91 Å². The van der Waals surface area contributed by atoms with Crippen molar-refractivity contribution in [2.45, 2.75) is 39.2 Å². The van der Waals surface area contributed by atoms with Crippen LogP contribution in [0.15, 0.2) is 24.3 Å². The minimum atomic E-state index is -1.13. The van der Waals surface area contributed by atoms with Crippen molar-refractivity contribution in [3.63, 3.8) is 0 Å². The highest BCUT2D eigenvalue weighted by Gasteiger charge is 2.49. The molecule has 1 aliphatic rings. The van der Waals surface area contributed by atoms with Gasteiger partial charge in [-0.05, 0) is 25.8 Å². The van der Waals surface area contributed by atoms with Gasteiger partial charge >= 0.3 is 6.03 Å². The lowest BCUT2D eigenvalue weighted by Crippen LogP contribution is -2.43. The number of nitrogens with zero attached hydrogens (tertiary/aromatic N) is 1. The van der Waals surface area contributed by atoms with E-state index in [-0.39, 0.29) is 12.5 Å². The maximum absolute atomic E-state index is 12.7. The lowest BCUT2D eigenvalue weighted by Gasteiger charge is -2.22. The summed E-state index contributed by atoms with van der Waals surface area (Å²) in [7, 11) is 0.